The number of aldehydes is 2. The number of benzene rings is 1. The number of thioether (sulfide) groups is 1. The molecule has 7 nitrogen and oxygen atoms in total. The molecule has 2 heterocycles. The number of unbranched alkanes of at least 4 members (excludes halogenated alkanes) is 5. The van der Waals surface area contributed by atoms with Crippen LogP contribution in [0.25, 0.3) is 0 Å². The van der Waals surface area contributed by atoms with Gasteiger partial charge in [-0.05, 0) is 70.1 Å². The van der Waals surface area contributed by atoms with Gasteiger partial charge in [0.25, 0.3) is 0 Å². The predicted octanol–water partition coefficient (Wildman–Crippen LogP) is 4.24. The maximum Gasteiger partial charge on any atom is 0.219 e. The minimum absolute atomic E-state index is 0.0727. The summed E-state index contributed by atoms with van der Waals surface area (Å²) < 4.78 is 0. The number of fused-ring (bicyclic) bond motifs is 2. The summed E-state index contributed by atoms with van der Waals surface area (Å²) in [5, 5.41) is 2.60. The van der Waals surface area contributed by atoms with Crippen LogP contribution < -0.4 is 5.32 Å². The largest absolute Gasteiger partial charge is 0.359 e. The van der Waals surface area contributed by atoms with Gasteiger partial charge in [0.1, 0.15) is 12.6 Å². The van der Waals surface area contributed by atoms with Gasteiger partial charge in [0, 0.05) is 55.6 Å². The quantitative estimate of drug-likeness (QED) is 0.168. The van der Waals surface area contributed by atoms with Crippen LogP contribution in [-0.4, -0.2) is 97.8 Å². The van der Waals surface area contributed by atoms with Gasteiger partial charge in [0.2, 0.25) is 5.91 Å². The van der Waals surface area contributed by atoms with E-state index in [9.17, 15) is 14.4 Å². The van der Waals surface area contributed by atoms with Gasteiger partial charge >= 0.3 is 0 Å². The standard InChI is InChI=1S/C30H48N4O3S/c1-31-30(37)16-15-27(23-36)32(2)21-28-24(22-35)11-10-12-29(28)38-18-9-7-5-4-6-8-17-34-19-25-13-14-26(20-34)33(25)3/h10-12,22-23,25-27H,4-9,13-21H2,1-3H3,(H,31,37). The van der Waals surface area contributed by atoms with E-state index in [1.54, 1.807) is 18.8 Å². The Morgan fingerprint density at radius 3 is 2.45 bits per heavy atom. The summed E-state index contributed by atoms with van der Waals surface area (Å²) in [5.74, 6) is 0.952. The highest BCUT2D eigenvalue weighted by molar-refractivity contribution is 7.99. The number of nitrogens with one attached hydrogen (secondary N) is 1. The molecule has 1 aromatic carbocycles. The fourth-order valence-electron chi connectivity index (χ4n) is 5.87. The van der Waals surface area contributed by atoms with Crippen LogP contribution in [0.1, 0.15) is 80.1 Å². The summed E-state index contributed by atoms with van der Waals surface area (Å²) >= 11 is 1.80. The topological polar surface area (TPSA) is 73.0 Å². The zero-order chi connectivity index (χ0) is 27.3. The SMILES string of the molecule is CNC(=O)CCC(C=O)N(C)Cc1c(C=O)cccc1SCCCCCCCCN1CC2CCC(C1)N2C. The third kappa shape index (κ3) is 9.18. The molecule has 2 saturated heterocycles. The van der Waals surface area contributed by atoms with Crippen molar-refractivity contribution in [1.82, 2.24) is 20.0 Å². The molecule has 8 heteroatoms. The zero-order valence-corrected chi connectivity index (χ0v) is 24.5. The van der Waals surface area contributed by atoms with Crippen molar-refractivity contribution in [3.05, 3.63) is 29.3 Å². The minimum atomic E-state index is -0.365. The smallest absolute Gasteiger partial charge is 0.219 e. The molecule has 2 aliphatic heterocycles. The number of amides is 1. The highest BCUT2D eigenvalue weighted by Gasteiger charge is 2.36. The van der Waals surface area contributed by atoms with Crippen molar-refractivity contribution in [1.29, 1.82) is 0 Å². The number of carbonyl (C=O) groups is 3. The number of piperazine rings is 1. The van der Waals surface area contributed by atoms with Crippen molar-refractivity contribution < 1.29 is 14.4 Å². The first-order valence-corrected chi connectivity index (χ1v) is 15.5. The number of carbonyl (C=O) groups excluding carboxylic acids is 3. The van der Waals surface area contributed by atoms with Crippen LogP contribution in [0.3, 0.4) is 0 Å². The van der Waals surface area contributed by atoms with Crippen molar-refractivity contribution in [2.45, 2.75) is 93.8 Å². The van der Waals surface area contributed by atoms with E-state index in [1.165, 1.54) is 64.6 Å². The molecular formula is C30H48N4O3S. The Kier molecular flexibility index (Phi) is 13.3. The van der Waals surface area contributed by atoms with Crippen LogP contribution in [0.15, 0.2) is 23.1 Å². The fraction of sp³-hybridized carbons (Fsp3) is 0.700. The van der Waals surface area contributed by atoms with E-state index in [0.29, 0.717) is 24.9 Å². The summed E-state index contributed by atoms with van der Waals surface area (Å²) in [5.41, 5.74) is 1.64. The predicted molar refractivity (Wildman–Crippen MR) is 156 cm³/mol. The lowest BCUT2D eigenvalue weighted by Crippen LogP contribution is -2.51. The molecule has 38 heavy (non-hydrogen) atoms. The average molecular weight is 545 g/mol. The monoisotopic (exact) mass is 544 g/mol. The maximum atomic E-state index is 11.8. The molecule has 3 unspecified atom stereocenters. The van der Waals surface area contributed by atoms with Crippen LogP contribution >= 0.6 is 11.8 Å². The number of nitrogens with zero attached hydrogens (tertiary/aromatic N) is 3. The number of hydrogen-bond donors (Lipinski definition) is 1. The molecule has 0 aliphatic carbocycles. The summed E-state index contributed by atoms with van der Waals surface area (Å²) in [6.07, 6.45) is 13.0. The highest BCUT2D eigenvalue weighted by Crippen LogP contribution is 2.29. The maximum absolute atomic E-state index is 11.8. The van der Waals surface area contributed by atoms with Gasteiger partial charge in [-0.25, -0.2) is 0 Å². The van der Waals surface area contributed by atoms with E-state index in [-0.39, 0.29) is 11.9 Å². The Balaban J connectivity index is 1.34. The third-order valence-corrected chi connectivity index (χ3v) is 9.61. The molecule has 1 N–H and O–H groups in total. The van der Waals surface area contributed by atoms with Crippen LogP contribution in [0.2, 0.25) is 0 Å². The number of hydrogen-bond acceptors (Lipinski definition) is 7. The van der Waals surface area contributed by atoms with Crippen molar-refractivity contribution in [3.8, 4) is 0 Å². The van der Waals surface area contributed by atoms with E-state index in [4.69, 9.17) is 0 Å². The number of likely N-dealkylation sites (N-methyl/N-ethyl adjacent to an activating group) is 2. The van der Waals surface area contributed by atoms with Crippen LogP contribution in [0, 0.1) is 0 Å². The third-order valence-electron chi connectivity index (χ3n) is 8.42. The Labute approximate surface area is 234 Å². The summed E-state index contributed by atoms with van der Waals surface area (Å²) in [7, 11) is 5.79. The van der Waals surface area contributed by atoms with Gasteiger partial charge in [0.15, 0.2) is 0 Å². The molecular weight excluding hydrogens is 496 g/mol. The van der Waals surface area contributed by atoms with Gasteiger partial charge in [-0.15, -0.1) is 11.8 Å². The van der Waals surface area contributed by atoms with Crippen molar-refractivity contribution in [3.63, 3.8) is 0 Å². The van der Waals surface area contributed by atoms with Crippen molar-refractivity contribution >= 4 is 30.2 Å². The minimum Gasteiger partial charge on any atom is -0.359 e. The van der Waals surface area contributed by atoms with Crippen LogP contribution in [0.4, 0.5) is 0 Å². The molecule has 3 rings (SSSR count). The molecule has 3 atom stereocenters. The van der Waals surface area contributed by atoms with Gasteiger partial charge in [0.05, 0.1) is 6.04 Å². The fourth-order valence-corrected chi connectivity index (χ4v) is 6.97. The molecule has 1 amide bonds. The normalized spacial score (nSPS) is 20.5. The first kappa shape index (κ1) is 30.8. The second-order valence-electron chi connectivity index (χ2n) is 11.1. The molecule has 212 valence electrons. The second kappa shape index (κ2) is 16.4. The lowest BCUT2D eigenvalue weighted by atomic mass is 10.1. The second-order valence-corrected chi connectivity index (χ2v) is 12.2. The molecule has 0 radical (unpaired) electrons. The van der Waals surface area contributed by atoms with E-state index >= 15 is 0 Å². The van der Waals surface area contributed by atoms with Gasteiger partial charge < -0.3 is 15.0 Å². The molecule has 2 bridgehead atoms. The Morgan fingerprint density at radius 2 is 1.79 bits per heavy atom. The Morgan fingerprint density at radius 1 is 1.11 bits per heavy atom. The summed E-state index contributed by atoms with van der Waals surface area (Å²) in [6.45, 7) is 4.29. The van der Waals surface area contributed by atoms with E-state index in [1.807, 2.05) is 24.1 Å². The van der Waals surface area contributed by atoms with Crippen molar-refractivity contribution in [2.75, 3.05) is 46.5 Å². The van der Waals surface area contributed by atoms with E-state index < -0.39 is 0 Å². The zero-order valence-electron chi connectivity index (χ0n) is 23.7. The van der Waals surface area contributed by atoms with E-state index in [2.05, 4.69) is 28.2 Å². The van der Waals surface area contributed by atoms with Crippen LogP contribution in [0.5, 0.6) is 0 Å². The Hall–Kier alpha value is -1.74. The lowest BCUT2D eigenvalue weighted by molar-refractivity contribution is -0.121. The molecule has 0 aromatic heterocycles. The van der Waals surface area contributed by atoms with Gasteiger partial charge in [-0.3, -0.25) is 19.4 Å². The van der Waals surface area contributed by atoms with Crippen LogP contribution in [-0.2, 0) is 16.1 Å². The first-order chi connectivity index (χ1) is 18.5. The Bertz CT molecular complexity index is 884. The average Bonchev–Trinajstić information content (AvgIpc) is 3.12. The van der Waals surface area contributed by atoms with E-state index in [0.717, 1.165) is 47.3 Å². The number of rotatable bonds is 18. The molecule has 1 aromatic rings. The molecule has 0 saturated carbocycles. The molecule has 2 aliphatic rings. The lowest BCUT2D eigenvalue weighted by Gasteiger charge is -2.38. The highest BCUT2D eigenvalue weighted by atomic mass is 32.2. The molecule has 0 spiro atoms. The van der Waals surface area contributed by atoms with Gasteiger partial charge in [-0.1, -0.05) is 37.8 Å². The van der Waals surface area contributed by atoms with Gasteiger partial charge in [-0.2, -0.15) is 0 Å². The van der Waals surface area contributed by atoms with Crippen molar-refractivity contribution in [2.24, 2.45) is 0 Å². The number of likely N-dealkylation sites (tertiary alicyclic amines) is 1. The summed E-state index contributed by atoms with van der Waals surface area (Å²) in [4.78, 5) is 43.4. The first-order valence-electron chi connectivity index (χ1n) is 14.5. The summed E-state index contributed by atoms with van der Waals surface area (Å²) in [6, 6.07) is 7.07. The molecule has 2 fully saturated rings.